The van der Waals surface area contributed by atoms with Crippen LogP contribution >= 0.6 is 0 Å². The van der Waals surface area contributed by atoms with E-state index in [1.165, 1.54) is 51.7 Å². The van der Waals surface area contributed by atoms with Crippen molar-refractivity contribution >= 4 is 5.96 Å². The van der Waals surface area contributed by atoms with Crippen LogP contribution in [0, 0.1) is 12.8 Å². The highest BCUT2D eigenvalue weighted by Gasteiger charge is 2.26. The van der Waals surface area contributed by atoms with Crippen LogP contribution in [0.3, 0.4) is 0 Å². The first kappa shape index (κ1) is 19.2. The first-order chi connectivity index (χ1) is 12.8. The second-order valence-corrected chi connectivity index (χ2v) is 7.81. The molecular formula is C20H36N6. The van der Waals surface area contributed by atoms with Crippen LogP contribution in [0.1, 0.15) is 44.3 Å². The van der Waals surface area contributed by atoms with E-state index in [0.717, 1.165) is 50.3 Å². The molecular weight excluding hydrogens is 324 g/mol. The highest BCUT2D eigenvalue weighted by Crippen LogP contribution is 2.19. The van der Waals surface area contributed by atoms with E-state index < -0.39 is 0 Å². The topological polar surface area (TPSA) is 48.7 Å². The molecule has 0 radical (unpaired) electrons. The van der Waals surface area contributed by atoms with Gasteiger partial charge in [0.2, 0.25) is 0 Å². The SMILES string of the molecule is CN=C(NCCCCn1ccnc1C)N1CCC(CN2CCCCC2)C1. The van der Waals surface area contributed by atoms with E-state index >= 15 is 0 Å². The van der Waals surface area contributed by atoms with Crippen molar-refractivity contribution in [3.8, 4) is 0 Å². The Balaban J connectivity index is 1.33. The fraction of sp³-hybridized carbons (Fsp3) is 0.800. The number of nitrogens with zero attached hydrogens (tertiary/aromatic N) is 5. The lowest BCUT2D eigenvalue weighted by molar-refractivity contribution is 0.198. The molecule has 2 aliphatic heterocycles. The largest absolute Gasteiger partial charge is 0.356 e. The Hall–Kier alpha value is -1.56. The van der Waals surface area contributed by atoms with Crippen LogP contribution in [0.5, 0.6) is 0 Å². The molecule has 0 bridgehead atoms. The van der Waals surface area contributed by atoms with E-state index in [9.17, 15) is 0 Å². The zero-order valence-corrected chi connectivity index (χ0v) is 16.7. The number of imidazole rings is 1. The summed E-state index contributed by atoms with van der Waals surface area (Å²) in [7, 11) is 1.91. The lowest BCUT2D eigenvalue weighted by Crippen LogP contribution is -2.41. The summed E-state index contributed by atoms with van der Waals surface area (Å²) in [6.07, 6.45) is 11.8. The molecule has 0 aromatic carbocycles. The molecule has 1 aromatic rings. The molecule has 2 fully saturated rings. The van der Waals surface area contributed by atoms with Crippen molar-refractivity contribution in [1.29, 1.82) is 0 Å². The van der Waals surface area contributed by atoms with Crippen LogP contribution in [0.25, 0.3) is 0 Å². The minimum absolute atomic E-state index is 0.802. The Morgan fingerprint density at radius 1 is 1.23 bits per heavy atom. The van der Waals surface area contributed by atoms with E-state index in [4.69, 9.17) is 0 Å². The van der Waals surface area contributed by atoms with Crippen molar-refractivity contribution in [1.82, 2.24) is 24.7 Å². The maximum atomic E-state index is 4.52. The van der Waals surface area contributed by atoms with Gasteiger partial charge in [-0.15, -0.1) is 0 Å². The van der Waals surface area contributed by atoms with Gasteiger partial charge in [-0.3, -0.25) is 4.99 Å². The molecule has 0 saturated carbocycles. The molecule has 0 spiro atoms. The van der Waals surface area contributed by atoms with Gasteiger partial charge >= 0.3 is 0 Å². The summed E-state index contributed by atoms with van der Waals surface area (Å²) in [5.41, 5.74) is 0. The number of nitrogens with one attached hydrogen (secondary N) is 1. The fourth-order valence-corrected chi connectivity index (χ4v) is 4.26. The van der Waals surface area contributed by atoms with Gasteiger partial charge in [0.25, 0.3) is 0 Å². The number of hydrogen-bond donors (Lipinski definition) is 1. The van der Waals surface area contributed by atoms with Crippen molar-refractivity contribution in [3.63, 3.8) is 0 Å². The lowest BCUT2D eigenvalue weighted by atomic mass is 10.1. The molecule has 146 valence electrons. The second-order valence-electron chi connectivity index (χ2n) is 7.81. The average Bonchev–Trinajstić information content (AvgIpc) is 3.28. The predicted molar refractivity (Wildman–Crippen MR) is 108 cm³/mol. The van der Waals surface area contributed by atoms with Crippen molar-refractivity contribution in [2.24, 2.45) is 10.9 Å². The van der Waals surface area contributed by atoms with Gasteiger partial charge in [0, 0.05) is 52.2 Å². The van der Waals surface area contributed by atoms with Gasteiger partial charge in [-0.1, -0.05) is 6.42 Å². The van der Waals surface area contributed by atoms with Crippen molar-refractivity contribution in [2.45, 2.75) is 52.0 Å². The Morgan fingerprint density at radius 3 is 2.81 bits per heavy atom. The Kier molecular flexibility index (Phi) is 7.35. The summed E-state index contributed by atoms with van der Waals surface area (Å²) in [5.74, 6) is 2.99. The normalized spacial score (nSPS) is 22.2. The maximum Gasteiger partial charge on any atom is 0.193 e. The van der Waals surface area contributed by atoms with Crippen LogP contribution in [0.2, 0.25) is 0 Å². The smallest absolute Gasteiger partial charge is 0.193 e. The number of aryl methyl sites for hydroxylation is 2. The highest BCUT2D eigenvalue weighted by molar-refractivity contribution is 5.80. The van der Waals surface area contributed by atoms with Gasteiger partial charge in [0.1, 0.15) is 5.82 Å². The van der Waals surface area contributed by atoms with E-state index in [0.29, 0.717) is 0 Å². The number of aromatic nitrogens is 2. The predicted octanol–water partition coefficient (Wildman–Crippen LogP) is 2.35. The number of rotatable bonds is 7. The van der Waals surface area contributed by atoms with Gasteiger partial charge in [-0.2, -0.15) is 0 Å². The molecule has 2 saturated heterocycles. The number of likely N-dealkylation sites (tertiary alicyclic amines) is 2. The van der Waals surface area contributed by atoms with E-state index in [1.54, 1.807) is 0 Å². The average molecular weight is 361 g/mol. The third kappa shape index (κ3) is 5.47. The first-order valence-corrected chi connectivity index (χ1v) is 10.4. The molecule has 0 aliphatic carbocycles. The molecule has 3 heterocycles. The van der Waals surface area contributed by atoms with Gasteiger partial charge in [-0.25, -0.2) is 4.98 Å². The summed E-state index contributed by atoms with van der Waals surface area (Å²) in [6, 6.07) is 0. The molecule has 0 amide bonds. The van der Waals surface area contributed by atoms with E-state index in [2.05, 4.69) is 42.8 Å². The fourth-order valence-electron chi connectivity index (χ4n) is 4.26. The minimum atomic E-state index is 0.802. The Bertz CT molecular complexity index is 560. The monoisotopic (exact) mass is 360 g/mol. The number of aliphatic imine (C=N–C) groups is 1. The molecule has 1 unspecified atom stereocenters. The summed E-state index contributed by atoms with van der Waals surface area (Å²) in [4.78, 5) is 13.9. The quantitative estimate of drug-likeness (QED) is 0.461. The maximum absolute atomic E-state index is 4.52. The van der Waals surface area contributed by atoms with Crippen LogP contribution in [-0.2, 0) is 6.54 Å². The summed E-state index contributed by atoms with van der Waals surface area (Å²) in [6.45, 7) is 10.3. The highest BCUT2D eigenvalue weighted by atomic mass is 15.3. The first-order valence-electron chi connectivity index (χ1n) is 10.4. The zero-order valence-electron chi connectivity index (χ0n) is 16.7. The van der Waals surface area contributed by atoms with Crippen molar-refractivity contribution in [3.05, 3.63) is 18.2 Å². The molecule has 6 nitrogen and oxygen atoms in total. The van der Waals surface area contributed by atoms with Crippen molar-refractivity contribution < 1.29 is 0 Å². The molecule has 1 aromatic heterocycles. The summed E-state index contributed by atoms with van der Waals surface area (Å²) < 4.78 is 2.22. The Morgan fingerprint density at radius 2 is 2.08 bits per heavy atom. The zero-order chi connectivity index (χ0) is 18.2. The number of hydrogen-bond acceptors (Lipinski definition) is 3. The van der Waals surface area contributed by atoms with E-state index in [-0.39, 0.29) is 0 Å². The molecule has 3 rings (SSSR count). The van der Waals surface area contributed by atoms with Crippen LogP contribution < -0.4 is 5.32 Å². The third-order valence-electron chi connectivity index (χ3n) is 5.79. The standard InChI is InChI=1S/C20H36N6/c1-18-22-10-15-25(18)13-7-4-9-23-20(21-2)26-14-8-19(17-26)16-24-11-5-3-6-12-24/h10,15,19H,3-9,11-14,16-17H2,1-2H3,(H,21,23). The van der Waals surface area contributed by atoms with Gasteiger partial charge < -0.3 is 19.7 Å². The van der Waals surface area contributed by atoms with Crippen LogP contribution in [0.4, 0.5) is 0 Å². The lowest BCUT2D eigenvalue weighted by Gasteiger charge is -2.29. The molecule has 2 aliphatic rings. The van der Waals surface area contributed by atoms with Gasteiger partial charge in [0.15, 0.2) is 5.96 Å². The molecule has 6 heteroatoms. The number of unbranched alkanes of at least 4 members (excludes halogenated alkanes) is 1. The third-order valence-corrected chi connectivity index (χ3v) is 5.79. The molecule has 1 N–H and O–H groups in total. The Labute approximate surface area is 158 Å². The van der Waals surface area contributed by atoms with E-state index in [1.807, 2.05) is 13.2 Å². The van der Waals surface area contributed by atoms with Crippen LogP contribution in [0.15, 0.2) is 17.4 Å². The van der Waals surface area contributed by atoms with Gasteiger partial charge in [0.05, 0.1) is 0 Å². The number of guanidine groups is 1. The molecule has 1 atom stereocenters. The summed E-state index contributed by atoms with van der Waals surface area (Å²) in [5, 5.41) is 3.57. The van der Waals surface area contributed by atoms with Crippen molar-refractivity contribution in [2.75, 3.05) is 46.3 Å². The molecule has 26 heavy (non-hydrogen) atoms. The van der Waals surface area contributed by atoms with Crippen LogP contribution in [-0.4, -0.2) is 71.6 Å². The number of piperidine rings is 1. The summed E-state index contributed by atoms with van der Waals surface area (Å²) >= 11 is 0. The minimum Gasteiger partial charge on any atom is -0.356 e. The van der Waals surface area contributed by atoms with Gasteiger partial charge in [-0.05, 0) is 58.0 Å². The second kappa shape index (κ2) is 9.95.